The van der Waals surface area contributed by atoms with Gasteiger partial charge in [-0.3, -0.25) is 4.79 Å². The van der Waals surface area contributed by atoms with Crippen molar-refractivity contribution >= 4 is 21.6 Å². The highest BCUT2D eigenvalue weighted by atomic mass is 32.2. The molecule has 2 aromatic rings. The number of halogens is 1. The number of hydrogen-bond acceptors (Lipinski definition) is 4. The Hall–Kier alpha value is -2.45. The Kier molecular flexibility index (Phi) is 6.56. The van der Waals surface area contributed by atoms with E-state index in [1.807, 2.05) is 19.9 Å². The second kappa shape index (κ2) is 8.49. The third-order valence-electron chi connectivity index (χ3n) is 3.92. The number of hydrogen-bond donors (Lipinski definition) is 1. The number of ether oxygens (including phenoxy) is 1. The van der Waals surface area contributed by atoms with Gasteiger partial charge in [0.1, 0.15) is 16.5 Å². The van der Waals surface area contributed by atoms with Crippen LogP contribution in [0.15, 0.2) is 41.3 Å². The number of methoxy groups -OCH3 is 1. The summed E-state index contributed by atoms with van der Waals surface area (Å²) < 4.78 is 45.4. The molecule has 0 aliphatic heterocycles. The monoisotopic (exact) mass is 394 g/mol. The van der Waals surface area contributed by atoms with E-state index in [1.165, 1.54) is 13.2 Å². The molecular formula is C19H23FN2O4S. The molecule has 0 heterocycles. The van der Waals surface area contributed by atoms with E-state index in [4.69, 9.17) is 4.74 Å². The molecule has 6 nitrogen and oxygen atoms in total. The summed E-state index contributed by atoms with van der Waals surface area (Å²) in [6.07, 6.45) is 0. The minimum absolute atomic E-state index is 0.0181. The Morgan fingerprint density at radius 2 is 1.78 bits per heavy atom. The van der Waals surface area contributed by atoms with Crippen LogP contribution in [0, 0.1) is 19.7 Å². The Balaban J connectivity index is 2.25. The third kappa shape index (κ3) is 5.05. The Bertz CT molecular complexity index is 924. The molecule has 0 aliphatic carbocycles. The summed E-state index contributed by atoms with van der Waals surface area (Å²) in [7, 11) is -2.81. The first-order chi connectivity index (χ1) is 12.7. The van der Waals surface area contributed by atoms with Crippen LogP contribution in [0.4, 0.5) is 10.1 Å². The minimum Gasteiger partial charge on any atom is -0.495 e. The molecule has 0 saturated heterocycles. The van der Waals surface area contributed by atoms with Crippen LogP contribution in [0.1, 0.15) is 18.1 Å². The molecule has 0 radical (unpaired) electrons. The van der Waals surface area contributed by atoms with Gasteiger partial charge in [0.2, 0.25) is 15.9 Å². The molecule has 0 saturated carbocycles. The van der Waals surface area contributed by atoms with Gasteiger partial charge < -0.3 is 10.1 Å². The third-order valence-corrected chi connectivity index (χ3v) is 5.86. The average Bonchev–Trinajstić information content (AvgIpc) is 2.58. The first-order valence-corrected chi connectivity index (χ1v) is 9.83. The van der Waals surface area contributed by atoms with E-state index < -0.39 is 28.3 Å². The predicted molar refractivity (Wildman–Crippen MR) is 102 cm³/mol. The first kappa shape index (κ1) is 20.9. The van der Waals surface area contributed by atoms with Gasteiger partial charge in [0.25, 0.3) is 0 Å². The smallest absolute Gasteiger partial charge is 0.247 e. The van der Waals surface area contributed by atoms with Gasteiger partial charge in [0.15, 0.2) is 0 Å². The molecule has 1 amide bonds. The van der Waals surface area contributed by atoms with Gasteiger partial charge in [-0.1, -0.05) is 13.0 Å². The lowest BCUT2D eigenvalue weighted by Crippen LogP contribution is -2.38. The van der Waals surface area contributed by atoms with E-state index in [2.05, 4.69) is 5.32 Å². The average molecular weight is 394 g/mol. The van der Waals surface area contributed by atoms with E-state index in [0.29, 0.717) is 5.69 Å². The van der Waals surface area contributed by atoms with Gasteiger partial charge in [-0.05, 0) is 55.3 Å². The second-order valence-corrected chi connectivity index (χ2v) is 8.06. The maximum atomic E-state index is 13.6. The van der Waals surface area contributed by atoms with E-state index in [9.17, 15) is 17.6 Å². The summed E-state index contributed by atoms with van der Waals surface area (Å²) in [6.45, 7) is 5.06. The van der Waals surface area contributed by atoms with Gasteiger partial charge in [-0.2, -0.15) is 4.31 Å². The molecule has 2 rings (SSSR count). The molecule has 0 fully saturated rings. The predicted octanol–water partition coefficient (Wildman–Crippen LogP) is 3.10. The summed E-state index contributed by atoms with van der Waals surface area (Å²) in [6, 6.07) is 8.80. The van der Waals surface area contributed by atoms with Crippen molar-refractivity contribution in [2.75, 3.05) is 25.5 Å². The molecule has 27 heavy (non-hydrogen) atoms. The van der Waals surface area contributed by atoms with Crippen molar-refractivity contribution in [1.82, 2.24) is 4.31 Å². The molecule has 0 atom stereocenters. The van der Waals surface area contributed by atoms with E-state index in [-0.39, 0.29) is 17.2 Å². The first-order valence-electron chi connectivity index (χ1n) is 8.39. The van der Waals surface area contributed by atoms with E-state index in [0.717, 1.165) is 27.6 Å². The summed E-state index contributed by atoms with van der Waals surface area (Å²) in [5.41, 5.74) is 2.55. The SMILES string of the molecule is CCN(CC(=O)Nc1cc(C)cc(C)c1)S(=O)(=O)c1cc(F)ccc1OC. The summed E-state index contributed by atoms with van der Waals surface area (Å²) in [5, 5.41) is 2.70. The second-order valence-electron chi connectivity index (χ2n) is 6.15. The minimum atomic E-state index is -4.11. The number of carbonyl (C=O) groups is 1. The lowest BCUT2D eigenvalue weighted by Gasteiger charge is -2.21. The molecule has 1 N–H and O–H groups in total. The van der Waals surface area contributed by atoms with Gasteiger partial charge >= 0.3 is 0 Å². The summed E-state index contributed by atoms with van der Waals surface area (Å²) >= 11 is 0. The zero-order valence-corrected chi connectivity index (χ0v) is 16.6. The van der Waals surface area contributed by atoms with Crippen LogP contribution in [0.5, 0.6) is 5.75 Å². The van der Waals surface area contributed by atoms with Crippen LogP contribution >= 0.6 is 0 Å². The van der Waals surface area contributed by atoms with Crippen LogP contribution in [0.2, 0.25) is 0 Å². The fourth-order valence-corrected chi connectivity index (χ4v) is 4.34. The Morgan fingerprint density at radius 1 is 1.15 bits per heavy atom. The number of likely N-dealkylation sites (N-methyl/N-ethyl adjacent to an activating group) is 1. The molecular weight excluding hydrogens is 371 g/mol. The Morgan fingerprint density at radius 3 is 2.33 bits per heavy atom. The highest BCUT2D eigenvalue weighted by Crippen LogP contribution is 2.27. The highest BCUT2D eigenvalue weighted by molar-refractivity contribution is 7.89. The molecule has 146 valence electrons. The topological polar surface area (TPSA) is 75.7 Å². The van der Waals surface area contributed by atoms with Gasteiger partial charge in [-0.15, -0.1) is 0 Å². The lowest BCUT2D eigenvalue weighted by molar-refractivity contribution is -0.116. The molecule has 2 aromatic carbocycles. The van der Waals surface area contributed by atoms with Crippen molar-refractivity contribution in [3.8, 4) is 5.75 Å². The van der Waals surface area contributed by atoms with E-state index in [1.54, 1.807) is 19.1 Å². The van der Waals surface area contributed by atoms with Crippen molar-refractivity contribution in [1.29, 1.82) is 0 Å². The normalized spacial score (nSPS) is 11.5. The van der Waals surface area contributed by atoms with Gasteiger partial charge in [0.05, 0.1) is 13.7 Å². The molecule has 0 unspecified atom stereocenters. The fourth-order valence-electron chi connectivity index (χ4n) is 2.77. The number of sulfonamides is 1. The molecule has 0 spiro atoms. The van der Waals surface area contributed by atoms with Crippen LogP contribution in [-0.2, 0) is 14.8 Å². The Labute approximate surface area is 159 Å². The van der Waals surface area contributed by atoms with E-state index >= 15 is 0 Å². The van der Waals surface area contributed by atoms with Crippen LogP contribution in [0.3, 0.4) is 0 Å². The number of amides is 1. The number of nitrogens with one attached hydrogen (secondary N) is 1. The molecule has 0 bridgehead atoms. The quantitative estimate of drug-likeness (QED) is 0.783. The van der Waals surface area contributed by atoms with Crippen LogP contribution in [0.25, 0.3) is 0 Å². The van der Waals surface area contributed by atoms with Crippen molar-refractivity contribution < 1.29 is 22.3 Å². The number of rotatable bonds is 7. The largest absolute Gasteiger partial charge is 0.495 e. The van der Waals surface area contributed by atoms with Crippen molar-refractivity contribution in [3.05, 3.63) is 53.3 Å². The molecule has 0 aromatic heterocycles. The number of anilines is 1. The maximum Gasteiger partial charge on any atom is 0.247 e. The molecule has 8 heteroatoms. The van der Waals surface area contributed by atoms with Crippen molar-refractivity contribution in [2.24, 2.45) is 0 Å². The summed E-state index contributed by atoms with van der Waals surface area (Å²) in [4.78, 5) is 12.1. The fraction of sp³-hybridized carbons (Fsp3) is 0.316. The number of nitrogens with zero attached hydrogens (tertiary/aromatic N) is 1. The zero-order valence-electron chi connectivity index (χ0n) is 15.7. The number of carbonyl (C=O) groups excluding carboxylic acids is 1. The lowest BCUT2D eigenvalue weighted by atomic mass is 10.1. The van der Waals surface area contributed by atoms with Crippen LogP contribution in [-0.4, -0.2) is 38.8 Å². The van der Waals surface area contributed by atoms with Crippen LogP contribution < -0.4 is 10.1 Å². The zero-order chi connectivity index (χ0) is 20.2. The number of aryl methyl sites for hydroxylation is 2. The number of benzene rings is 2. The maximum absolute atomic E-state index is 13.6. The highest BCUT2D eigenvalue weighted by Gasteiger charge is 2.29. The van der Waals surface area contributed by atoms with Crippen molar-refractivity contribution in [3.63, 3.8) is 0 Å². The summed E-state index contributed by atoms with van der Waals surface area (Å²) in [5.74, 6) is -1.17. The van der Waals surface area contributed by atoms with Crippen molar-refractivity contribution in [2.45, 2.75) is 25.7 Å². The van der Waals surface area contributed by atoms with Gasteiger partial charge in [-0.25, -0.2) is 12.8 Å². The standard InChI is InChI=1S/C19H23FN2O4S/c1-5-22(12-19(23)21-16-9-13(2)8-14(3)10-16)27(24,25)18-11-15(20)6-7-17(18)26-4/h6-11H,5,12H2,1-4H3,(H,21,23). The van der Waals surface area contributed by atoms with Gasteiger partial charge in [0, 0.05) is 12.2 Å². The molecule has 0 aliphatic rings.